The maximum Gasteiger partial charge on any atom is 0.255 e. The molecular formula is C29H37FN4O8. The van der Waals surface area contributed by atoms with Gasteiger partial charge in [0.15, 0.2) is 17.2 Å². The third kappa shape index (κ3) is 4.42. The summed E-state index contributed by atoms with van der Waals surface area (Å²) in [5.41, 5.74) is -0.164. The number of halogens is 1. The molecule has 0 aliphatic heterocycles. The molecule has 12 nitrogen and oxygen atoms in total. The first kappa shape index (κ1) is 31.3. The number of rotatable bonds is 8. The van der Waals surface area contributed by atoms with Gasteiger partial charge in [0, 0.05) is 29.2 Å². The zero-order valence-corrected chi connectivity index (χ0v) is 24.4. The molecule has 1 aromatic carbocycles. The summed E-state index contributed by atoms with van der Waals surface area (Å²) < 4.78 is 16.1. The fourth-order valence-electron chi connectivity index (χ4n) is 6.51. The third-order valence-electron chi connectivity index (χ3n) is 9.11. The van der Waals surface area contributed by atoms with E-state index in [9.17, 15) is 39.6 Å². The highest BCUT2D eigenvalue weighted by Crippen LogP contribution is 2.52. The van der Waals surface area contributed by atoms with Crippen molar-refractivity contribution in [1.29, 1.82) is 0 Å². The molecule has 13 heteroatoms. The molecule has 3 aliphatic carbocycles. The molecule has 42 heavy (non-hydrogen) atoms. The number of ketones is 3. The van der Waals surface area contributed by atoms with Crippen LogP contribution in [0.4, 0.5) is 4.39 Å². The van der Waals surface area contributed by atoms with Gasteiger partial charge in [-0.3, -0.25) is 29.0 Å². The van der Waals surface area contributed by atoms with Crippen LogP contribution in [0.15, 0.2) is 28.7 Å². The van der Waals surface area contributed by atoms with Gasteiger partial charge in [0.05, 0.1) is 23.7 Å². The summed E-state index contributed by atoms with van der Waals surface area (Å²) >= 11 is 0. The molecule has 0 spiro atoms. The summed E-state index contributed by atoms with van der Waals surface area (Å²) in [6, 6.07) is -0.0646. The Kier molecular flexibility index (Phi) is 7.87. The lowest BCUT2D eigenvalue weighted by molar-refractivity contribution is -0.148. The number of aromatic hydroxyl groups is 1. The zero-order valence-electron chi connectivity index (χ0n) is 24.4. The van der Waals surface area contributed by atoms with Gasteiger partial charge in [0.1, 0.15) is 28.7 Å². The van der Waals surface area contributed by atoms with E-state index >= 15 is 4.39 Å². The van der Waals surface area contributed by atoms with Crippen LogP contribution in [-0.4, -0.2) is 105 Å². The summed E-state index contributed by atoms with van der Waals surface area (Å²) in [7, 11) is 6.32. The molecule has 0 saturated heterocycles. The number of fused-ring (bicyclic) bond motifs is 3. The minimum Gasteiger partial charge on any atom is -0.510 e. The van der Waals surface area contributed by atoms with Crippen LogP contribution in [0.25, 0.3) is 0 Å². The predicted octanol–water partition coefficient (Wildman–Crippen LogP) is 0.259. The SMILES string of the molecule is CNCC(=O)C(C)(C)N(C)Cc1cc(O)c2c(c1F)C[C@H]1C[C@H]3[C@H](N(C)C)C(O)=C(C(N)=O)C(=O)[C@@]3(O)C(O)=C1C2=O. The summed E-state index contributed by atoms with van der Waals surface area (Å²) in [5.74, 6) is -8.91. The number of phenols is 1. The molecule has 1 aromatic rings. The standard InChI is InChI=1S/C29H37FN4O8/c1-28(2,17(36)10-32-3)34(6)11-13-9-16(35)19-14(21(13)30)7-12-8-15-22(33(4)5)24(38)20(27(31)41)26(40)29(15,42)25(39)18(12)23(19)37/h9,12,15,22,32,35,38-39,42H,7-8,10-11H2,1-6H3,(H2,31,41)/t12-,15-,22-,29-/m0/s1. The Morgan fingerprint density at radius 2 is 1.81 bits per heavy atom. The highest BCUT2D eigenvalue weighted by molar-refractivity contribution is 6.24. The van der Waals surface area contributed by atoms with E-state index in [1.54, 1.807) is 32.8 Å². The van der Waals surface area contributed by atoms with Crippen molar-refractivity contribution in [3.63, 3.8) is 0 Å². The van der Waals surface area contributed by atoms with Crippen LogP contribution in [0.2, 0.25) is 0 Å². The van der Waals surface area contributed by atoms with E-state index < -0.39 is 80.7 Å². The third-order valence-corrected chi connectivity index (χ3v) is 9.11. The molecule has 3 aliphatic rings. The Labute approximate surface area is 242 Å². The van der Waals surface area contributed by atoms with Gasteiger partial charge in [-0.2, -0.15) is 0 Å². The number of hydrogen-bond donors (Lipinski definition) is 6. The van der Waals surface area contributed by atoms with Gasteiger partial charge in [-0.05, 0) is 66.9 Å². The average Bonchev–Trinajstić information content (AvgIpc) is 2.88. The monoisotopic (exact) mass is 588 g/mol. The van der Waals surface area contributed by atoms with Gasteiger partial charge in [0.25, 0.3) is 5.91 Å². The molecule has 0 unspecified atom stereocenters. The lowest BCUT2D eigenvalue weighted by atomic mass is 9.58. The second-order valence-electron chi connectivity index (χ2n) is 12.1. The first-order valence-corrected chi connectivity index (χ1v) is 13.5. The number of Topliss-reactive ketones (excluding diaryl/α,β-unsaturated/α-hetero) is 3. The van der Waals surface area contributed by atoms with Crippen molar-refractivity contribution in [2.45, 2.75) is 50.4 Å². The molecule has 0 bridgehead atoms. The number of primary amides is 1. The number of carbonyl (C=O) groups excluding carboxylic acids is 4. The van der Waals surface area contributed by atoms with Crippen molar-refractivity contribution < 1.29 is 44.0 Å². The van der Waals surface area contributed by atoms with Crippen molar-refractivity contribution in [3.8, 4) is 5.75 Å². The maximum atomic E-state index is 16.1. The Balaban J connectivity index is 1.82. The summed E-state index contributed by atoms with van der Waals surface area (Å²) in [6.45, 7) is 3.40. The van der Waals surface area contributed by atoms with E-state index in [0.29, 0.717) is 0 Å². The minimum absolute atomic E-state index is 0.0431. The molecule has 0 heterocycles. The molecule has 1 amide bonds. The predicted molar refractivity (Wildman–Crippen MR) is 148 cm³/mol. The number of benzene rings is 1. The average molecular weight is 589 g/mol. The van der Waals surface area contributed by atoms with E-state index in [2.05, 4.69) is 5.32 Å². The second kappa shape index (κ2) is 10.6. The van der Waals surface area contributed by atoms with Gasteiger partial charge in [0.2, 0.25) is 5.78 Å². The van der Waals surface area contributed by atoms with Crippen LogP contribution in [0, 0.1) is 17.7 Å². The lowest BCUT2D eigenvalue weighted by Gasteiger charge is -2.50. The molecule has 0 saturated carbocycles. The van der Waals surface area contributed by atoms with Gasteiger partial charge >= 0.3 is 0 Å². The van der Waals surface area contributed by atoms with Crippen LogP contribution in [0.5, 0.6) is 5.75 Å². The summed E-state index contributed by atoms with van der Waals surface area (Å²) in [6.07, 6.45) is -0.324. The summed E-state index contributed by atoms with van der Waals surface area (Å²) in [4.78, 5) is 54.8. The Bertz CT molecular complexity index is 1470. The molecule has 4 atom stereocenters. The van der Waals surface area contributed by atoms with Gasteiger partial charge < -0.3 is 31.5 Å². The van der Waals surface area contributed by atoms with Gasteiger partial charge in [-0.15, -0.1) is 0 Å². The van der Waals surface area contributed by atoms with Gasteiger partial charge in [-0.1, -0.05) is 0 Å². The fourth-order valence-corrected chi connectivity index (χ4v) is 6.51. The lowest BCUT2D eigenvalue weighted by Crippen LogP contribution is -2.63. The van der Waals surface area contributed by atoms with E-state index in [1.165, 1.54) is 19.0 Å². The first-order chi connectivity index (χ1) is 19.4. The fraction of sp³-hybridized carbons (Fsp3) is 0.517. The zero-order chi connectivity index (χ0) is 31.6. The van der Waals surface area contributed by atoms with Crippen LogP contribution >= 0.6 is 0 Å². The molecule has 7 N–H and O–H groups in total. The number of amides is 1. The molecule has 0 fully saturated rings. The summed E-state index contributed by atoms with van der Waals surface area (Å²) in [5, 5.41) is 47.5. The number of nitrogens with zero attached hydrogens (tertiary/aromatic N) is 2. The number of allylic oxidation sites excluding steroid dienone is 1. The normalized spacial score (nSPS) is 26.0. The maximum absolute atomic E-state index is 16.1. The quantitative estimate of drug-likeness (QED) is 0.228. The van der Waals surface area contributed by atoms with E-state index in [-0.39, 0.29) is 48.4 Å². The first-order valence-electron chi connectivity index (χ1n) is 13.5. The van der Waals surface area contributed by atoms with E-state index in [4.69, 9.17) is 5.73 Å². The number of carbonyl (C=O) groups is 4. The van der Waals surface area contributed by atoms with E-state index in [1.807, 2.05) is 0 Å². The molecule has 228 valence electrons. The number of aliphatic hydroxyl groups excluding tert-OH is 2. The second-order valence-corrected chi connectivity index (χ2v) is 12.1. The number of likely N-dealkylation sites (N-methyl/N-ethyl adjacent to an activating group) is 3. The molecule has 0 radical (unpaired) electrons. The van der Waals surface area contributed by atoms with Crippen molar-refractivity contribution in [3.05, 3.63) is 51.2 Å². The number of phenolic OH excluding ortho intramolecular Hbond substituents is 1. The molecule has 0 aromatic heterocycles. The van der Waals surface area contributed by atoms with E-state index in [0.717, 1.165) is 6.07 Å². The topological polar surface area (TPSA) is 194 Å². The Morgan fingerprint density at radius 3 is 2.36 bits per heavy atom. The van der Waals surface area contributed by atoms with Crippen LogP contribution in [0.1, 0.15) is 41.8 Å². The van der Waals surface area contributed by atoms with Crippen molar-refractivity contribution in [1.82, 2.24) is 15.1 Å². The largest absolute Gasteiger partial charge is 0.510 e. The van der Waals surface area contributed by atoms with Crippen LogP contribution in [-0.2, 0) is 27.3 Å². The van der Waals surface area contributed by atoms with Crippen LogP contribution < -0.4 is 11.1 Å². The molecule has 4 rings (SSSR count). The number of nitrogens with two attached hydrogens (primary N) is 1. The van der Waals surface area contributed by atoms with Crippen molar-refractivity contribution in [2.75, 3.05) is 34.7 Å². The highest BCUT2D eigenvalue weighted by atomic mass is 19.1. The van der Waals surface area contributed by atoms with Crippen LogP contribution in [0.3, 0.4) is 0 Å². The van der Waals surface area contributed by atoms with Crippen molar-refractivity contribution in [2.24, 2.45) is 17.6 Å². The van der Waals surface area contributed by atoms with Crippen molar-refractivity contribution >= 4 is 23.3 Å². The highest BCUT2D eigenvalue weighted by Gasteiger charge is 2.63. The number of hydrogen-bond acceptors (Lipinski definition) is 11. The Morgan fingerprint density at radius 1 is 1.19 bits per heavy atom. The number of aliphatic hydroxyl groups is 3. The molecular weight excluding hydrogens is 551 g/mol. The minimum atomic E-state index is -2.77. The number of nitrogens with one attached hydrogen (secondary N) is 1. The van der Waals surface area contributed by atoms with Gasteiger partial charge in [-0.25, -0.2) is 4.39 Å². The smallest absolute Gasteiger partial charge is 0.255 e. The Hall–Kier alpha value is -3.65.